The van der Waals surface area contributed by atoms with E-state index >= 15 is 0 Å². The molecule has 0 amide bonds. The summed E-state index contributed by atoms with van der Waals surface area (Å²) in [6, 6.07) is 19.8. The van der Waals surface area contributed by atoms with Crippen LogP contribution < -0.4 is 0 Å². The number of benzene rings is 4. The van der Waals surface area contributed by atoms with E-state index < -0.39 is 9.84 Å². The Hall–Kier alpha value is -3.52. The van der Waals surface area contributed by atoms with Crippen LogP contribution in [-0.2, 0) is 9.84 Å². The standard InChI is InChI=1S/C13H14FNS.C12H13NO2S.C9H11BrO2S.C9H10Cl2O/c1-8(2)13-15-12(7-16-13)10-4-5-11(14)9(3)6-10;1-7(2)12-13-9(6-16-12)8-3-4-10(14)11(15)5-8;1-7(2)13(11,12)9-5-3-8(10)4-6-9;1-5(2)7-3-6(10)4-8(11)9(7)12/h4-8H,1-3H3;3-7,14-15H,1-2H3;3-7H,1-2H3;3-5,12H,1-2H3. The molecule has 4 aromatic carbocycles. The van der Waals surface area contributed by atoms with Gasteiger partial charge in [0.25, 0.3) is 0 Å². The van der Waals surface area contributed by atoms with E-state index in [2.05, 4.69) is 53.6 Å². The third-order valence-electron chi connectivity index (χ3n) is 8.20. The molecule has 2 aromatic heterocycles. The Kier molecular flexibility index (Phi) is 18.0. The maximum Gasteiger partial charge on any atom is 0.180 e. The van der Waals surface area contributed by atoms with E-state index in [1.54, 1.807) is 85.9 Å². The van der Waals surface area contributed by atoms with Crippen LogP contribution >= 0.6 is 61.8 Å². The molecule has 2 heterocycles. The fraction of sp³-hybridized carbons (Fsp3) is 0.302. The molecule has 3 N–H and O–H groups in total. The SMILES string of the molecule is CC(C)S(=O)(=O)c1ccc(Br)cc1.CC(C)c1cc(Cl)cc(Cl)c1O.CC(C)c1nc(-c2ccc(O)c(O)c2)cs1.Cc1cc(-c2csc(C(C)C)n2)ccc1F. The number of aromatic hydroxyl groups is 3. The second-order valence-electron chi connectivity index (χ2n) is 14.1. The monoisotopic (exact) mass is 936 g/mol. The number of hydrogen-bond donors (Lipinski definition) is 3. The van der Waals surface area contributed by atoms with Crippen LogP contribution in [0.1, 0.15) is 94.3 Å². The lowest BCUT2D eigenvalue weighted by atomic mass is 10.0. The molecule has 0 aliphatic heterocycles. The Balaban J connectivity index is 0.000000205. The fourth-order valence-electron chi connectivity index (χ4n) is 4.78. The fourth-order valence-corrected chi connectivity index (χ4v) is 8.30. The number of halogens is 4. The minimum absolute atomic E-state index is 0.108. The molecule has 0 unspecified atom stereocenters. The second kappa shape index (κ2) is 21.5. The zero-order chi connectivity index (χ0) is 42.8. The number of phenolic OH excluding ortho intramolecular Hbond substituents is 3. The Labute approximate surface area is 362 Å². The van der Waals surface area contributed by atoms with Crippen LogP contribution in [0.25, 0.3) is 22.5 Å². The number of phenols is 3. The topological polar surface area (TPSA) is 121 Å². The highest BCUT2D eigenvalue weighted by Crippen LogP contribution is 2.35. The van der Waals surface area contributed by atoms with Gasteiger partial charge in [0.2, 0.25) is 0 Å². The van der Waals surface area contributed by atoms with Crippen molar-refractivity contribution in [2.45, 2.75) is 90.2 Å². The molecule has 57 heavy (non-hydrogen) atoms. The first-order valence-electron chi connectivity index (χ1n) is 18.0. The summed E-state index contributed by atoms with van der Waals surface area (Å²) in [6.07, 6.45) is 0. The predicted octanol–water partition coefficient (Wildman–Crippen LogP) is 14.2. The van der Waals surface area contributed by atoms with Gasteiger partial charge in [-0.1, -0.05) is 80.7 Å². The lowest BCUT2D eigenvalue weighted by Crippen LogP contribution is -2.13. The van der Waals surface area contributed by atoms with Gasteiger partial charge >= 0.3 is 0 Å². The number of aryl methyl sites for hydroxylation is 1. The highest BCUT2D eigenvalue weighted by molar-refractivity contribution is 9.10. The molecule has 7 nitrogen and oxygen atoms in total. The van der Waals surface area contributed by atoms with Crippen LogP contribution in [0.2, 0.25) is 10.0 Å². The smallest absolute Gasteiger partial charge is 0.180 e. The molecule has 0 aliphatic carbocycles. The molecule has 0 radical (unpaired) electrons. The lowest BCUT2D eigenvalue weighted by molar-refractivity contribution is 0.404. The van der Waals surface area contributed by atoms with E-state index in [1.807, 2.05) is 30.7 Å². The average molecular weight is 939 g/mol. The van der Waals surface area contributed by atoms with Crippen molar-refractivity contribution in [3.05, 3.63) is 125 Å². The molecule has 0 spiro atoms. The summed E-state index contributed by atoms with van der Waals surface area (Å²) < 4.78 is 37.3. The van der Waals surface area contributed by atoms with Gasteiger partial charge in [-0.25, -0.2) is 22.8 Å². The third kappa shape index (κ3) is 13.8. The van der Waals surface area contributed by atoms with E-state index in [0.717, 1.165) is 42.6 Å². The van der Waals surface area contributed by atoms with Gasteiger partial charge in [-0.05, 0) is 111 Å². The lowest BCUT2D eigenvalue weighted by Gasteiger charge is -2.09. The van der Waals surface area contributed by atoms with Crippen LogP contribution in [-0.4, -0.2) is 39.0 Å². The highest BCUT2D eigenvalue weighted by Gasteiger charge is 2.18. The largest absolute Gasteiger partial charge is 0.506 e. The van der Waals surface area contributed by atoms with Gasteiger partial charge in [0.05, 0.1) is 36.6 Å². The van der Waals surface area contributed by atoms with Gasteiger partial charge in [0.1, 0.15) is 11.6 Å². The van der Waals surface area contributed by atoms with Gasteiger partial charge < -0.3 is 15.3 Å². The first-order chi connectivity index (χ1) is 26.6. The van der Waals surface area contributed by atoms with E-state index in [9.17, 15) is 28.1 Å². The van der Waals surface area contributed by atoms with Crippen molar-refractivity contribution in [3.63, 3.8) is 0 Å². The molecule has 0 atom stereocenters. The van der Waals surface area contributed by atoms with E-state index in [4.69, 9.17) is 23.2 Å². The summed E-state index contributed by atoms with van der Waals surface area (Å²) in [6.45, 7) is 17.5. The van der Waals surface area contributed by atoms with E-state index in [1.165, 1.54) is 24.3 Å². The Morgan fingerprint density at radius 1 is 0.684 bits per heavy atom. The summed E-state index contributed by atoms with van der Waals surface area (Å²) in [5.41, 5.74) is 5.03. The van der Waals surface area contributed by atoms with Crippen molar-refractivity contribution in [3.8, 4) is 39.8 Å². The van der Waals surface area contributed by atoms with Crippen molar-refractivity contribution in [1.82, 2.24) is 9.97 Å². The Morgan fingerprint density at radius 3 is 1.63 bits per heavy atom. The number of thiazole rings is 2. The maximum absolute atomic E-state index is 13.1. The molecule has 6 aromatic rings. The number of sulfone groups is 1. The van der Waals surface area contributed by atoms with E-state index in [-0.39, 0.29) is 34.2 Å². The van der Waals surface area contributed by atoms with Crippen LogP contribution in [0.15, 0.2) is 92.9 Å². The molecular formula is C43H48BrCl2FN2O5S3. The quantitative estimate of drug-likeness (QED) is 0.136. The molecule has 0 fully saturated rings. The molecule has 0 saturated heterocycles. The molecule has 306 valence electrons. The van der Waals surface area contributed by atoms with Crippen molar-refractivity contribution >= 4 is 71.6 Å². The van der Waals surface area contributed by atoms with Crippen LogP contribution in [0, 0.1) is 12.7 Å². The predicted molar refractivity (Wildman–Crippen MR) is 240 cm³/mol. The van der Waals surface area contributed by atoms with Crippen LogP contribution in [0.5, 0.6) is 17.2 Å². The number of hydrogen-bond acceptors (Lipinski definition) is 9. The normalized spacial score (nSPS) is 11.2. The summed E-state index contributed by atoms with van der Waals surface area (Å²) in [7, 11) is -3.11. The zero-order valence-corrected chi connectivity index (χ0v) is 38.7. The minimum Gasteiger partial charge on any atom is -0.506 e. The van der Waals surface area contributed by atoms with Gasteiger partial charge in [-0.15, -0.1) is 22.7 Å². The third-order valence-corrected chi connectivity index (χ3v) is 13.7. The van der Waals surface area contributed by atoms with E-state index in [0.29, 0.717) is 32.3 Å². The van der Waals surface area contributed by atoms with Gasteiger partial charge in [-0.3, -0.25) is 0 Å². The molecule has 0 saturated carbocycles. The molecule has 0 aliphatic rings. The van der Waals surface area contributed by atoms with Crippen LogP contribution in [0.4, 0.5) is 4.39 Å². The van der Waals surface area contributed by atoms with Gasteiger partial charge in [-0.2, -0.15) is 0 Å². The first kappa shape index (κ1) is 47.9. The summed E-state index contributed by atoms with van der Waals surface area (Å²) in [4.78, 5) is 9.40. The van der Waals surface area contributed by atoms with Crippen molar-refractivity contribution < 1.29 is 28.1 Å². The average Bonchev–Trinajstić information content (AvgIpc) is 3.85. The summed E-state index contributed by atoms with van der Waals surface area (Å²) >= 11 is 18.0. The Bertz CT molecular complexity index is 2250. The highest BCUT2D eigenvalue weighted by atomic mass is 79.9. The second-order valence-corrected chi connectivity index (χ2v) is 20.2. The zero-order valence-electron chi connectivity index (χ0n) is 33.2. The molecule has 0 bridgehead atoms. The Morgan fingerprint density at radius 2 is 1.19 bits per heavy atom. The van der Waals surface area contributed by atoms with Crippen LogP contribution in [0.3, 0.4) is 0 Å². The number of rotatable bonds is 7. The number of aromatic nitrogens is 2. The number of nitrogens with zero attached hydrogens (tertiary/aromatic N) is 2. The van der Waals surface area contributed by atoms with Gasteiger partial charge in [0, 0.05) is 43.2 Å². The van der Waals surface area contributed by atoms with Crippen molar-refractivity contribution in [2.75, 3.05) is 0 Å². The summed E-state index contributed by atoms with van der Waals surface area (Å²) in [5, 5.41) is 34.8. The first-order valence-corrected chi connectivity index (χ1v) is 22.8. The molecule has 6 rings (SSSR count). The van der Waals surface area contributed by atoms with Crippen molar-refractivity contribution in [1.29, 1.82) is 0 Å². The van der Waals surface area contributed by atoms with Crippen molar-refractivity contribution in [2.24, 2.45) is 0 Å². The maximum atomic E-state index is 13.1. The van der Waals surface area contributed by atoms with Gasteiger partial charge in [0.15, 0.2) is 21.3 Å². The molecule has 14 heteroatoms. The molecular weight excluding hydrogens is 890 g/mol. The summed E-state index contributed by atoms with van der Waals surface area (Å²) in [5.74, 6) is 0.824. The minimum atomic E-state index is -3.11.